The quantitative estimate of drug-likeness (QED) is 0.136. The van der Waals surface area contributed by atoms with E-state index in [4.69, 9.17) is 4.74 Å². The van der Waals surface area contributed by atoms with Gasteiger partial charge in [-0.25, -0.2) is 4.79 Å². The molecule has 0 aromatic carbocycles. The Bertz CT molecular complexity index is 1300. The van der Waals surface area contributed by atoms with Crippen molar-refractivity contribution in [1.29, 1.82) is 0 Å². The summed E-state index contributed by atoms with van der Waals surface area (Å²) in [5, 5.41) is 26.5. The maximum atomic E-state index is 13.4. The zero-order valence-electron chi connectivity index (χ0n) is 29.2. The first-order valence-electron chi connectivity index (χ1n) is 18.1. The number of amides is 2. The number of Topliss-reactive ketones (excluding diaryl/α,β-unsaturated/α-hetero) is 1. The van der Waals surface area contributed by atoms with Gasteiger partial charge in [-0.1, -0.05) is 46.1 Å². The van der Waals surface area contributed by atoms with Gasteiger partial charge < -0.3 is 25.6 Å². The lowest BCUT2D eigenvalue weighted by molar-refractivity contribution is -0.170. The summed E-state index contributed by atoms with van der Waals surface area (Å²) in [6.07, 6.45) is 10.3. The van der Waals surface area contributed by atoms with E-state index < -0.39 is 41.4 Å². The Kier molecular flexibility index (Phi) is 12.3. The molecule has 4 aliphatic rings. The Morgan fingerprint density at radius 1 is 0.938 bits per heavy atom. The van der Waals surface area contributed by atoms with Crippen molar-refractivity contribution in [2.75, 3.05) is 13.2 Å². The number of hydrogen-bond acceptors (Lipinski definition) is 8. The number of rotatable bonds is 16. The lowest BCUT2D eigenvalue weighted by atomic mass is 9.46. The minimum absolute atomic E-state index is 0.00454. The molecule has 0 spiro atoms. The van der Waals surface area contributed by atoms with Crippen LogP contribution in [-0.4, -0.2) is 70.3 Å². The fourth-order valence-corrected chi connectivity index (χ4v) is 9.42. The number of hydrogen-bond donors (Lipinski definition) is 4. The Morgan fingerprint density at radius 2 is 1.67 bits per heavy atom. The Labute approximate surface area is 284 Å². The number of allylic oxidation sites excluding steroid dienone is 1. The number of ether oxygens (including phenoxy) is 1. The van der Waals surface area contributed by atoms with Gasteiger partial charge in [0, 0.05) is 31.2 Å². The van der Waals surface area contributed by atoms with Crippen LogP contribution in [0.4, 0.5) is 0 Å². The second-order valence-electron chi connectivity index (χ2n) is 15.3. The highest BCUT2D eigenvalue weighted by atomic mass is 16.5. The molecule has 0 aromatic heterocycles. The molecule has 3 fully saturated rings. The van der Waals surface area contributed by atoms with E-state index in [2.05, 4.69) is 17.6 Å². The standard InChI is InChI=1S/C37H56N2O9/c1-5-23(2)33(34(45)46)39-31(43)9-7-6-8-20-38-30(42)12-13-32(44)48-22-29(41)37(47)19-16-28-26-11-10-24-21-25(40)14-17-35(24,3)27(26)15-18-36(28,37)4/h21,23,26-28,33,47H,5-20,22H2,1-4H3,(H,38,42)(H,39,43)(H,45,46)/t23-,26-,27-,28+,33+,35+,36+,37+/m1/s1. The molecule has 0 bridgehead atoms. The number of unbranched alkanes of at least 4 members (excludes halogenated alkanes) is 2. The number of carbonyl (C=O) groups is 6. The molecule has 2 amide bonds. The molecule has 4 N–H and O–H groups in total. The maximum absolute atomic E-state index is 13.4. The molecule has 48 heavy (non-hydrogen) atoms. The van der Waals surface area contributed by atoms with E-state index in [0.717, 1.165) is 32.1 Å². The average Bonchev–Trinajstić information content (AvgIpc) is 3.33. The minimum Gasteiger partial charge on any atom is -0.480 e. The van der Waals surface area contributed by atoms with Crippen LogP contribution in [0.2, 0.25) is 0 Å². The van der Waals surface area contributed by atoms with Gasteiger partial charge in [-0.3, -0.25) is 24.0 Å². The molecule has 8 atom stereocenters. The molecular formula is C37H56N2O9. The second kappa shape index (κ2) is 15.6. The molecule has 3 saturated carbocycles. The summed E-state index contributed by atoms with van der Waals surface area (Å²) in [6.45, 7) is 7.85. The molecule has 0 aromatic rings. The van der Waals surface area contributed by atoms with Crippen LogP contribution in [0.25, 0.3) is 0 Å². The van der Waals surface area contributed by atoms with Crippen LogP contribution in [0, 0.1) is 34.5 Å². The molecule has 4 aliphatic carbocycles. The normalized spacial score (nSPS) is 32.1. The molecule has 0 unspecified atom stereocenters. The molecule has 4 rings (SSSR count). The topological polar surface area (TPSA) is 176 Å². The van der Waals surface area contributed by atoms with Gasteiger partial charge in [-0.2, -0.15) is 0 Å². The summed E-state index contributed by atoms with van der Waals surface area (Å²) >= 11 is 0. The van der Waals surface area contributed by atoms with Crippen LogP contribution >= 0.6 is 0 Å². The van der Waals surface area contributed by atoms with Gasteiger partial charge in [-0.05, 0) is 93.0 Å². The molecule has 11 nitrogen and oxygen atoms in total. The predicted octanol–water partition coefficient (Wildman–Crippen LogP) is 4.43. The van der Waals surface area contributed by atoms with Crippen LogP contribution in [0.1, 0.15) is 124 Å². The third-order valence-electron chi connectivity index (χ3n) is 12.7. The van der Waals surface area contributed by atoms with E-state index in [9.17, 15) is 39.0 Å². The number of nitrogens with one attached hydrogen (secondary N) is 2. The monoisotopic (exact) mass is 672 g/mol. The largest absolute Gasteiger partial charge is 0.480 e. The first kappa shape index (κ1) is 37.7. The third-order valence-corrected chi connectivity index (χ3v) is 12.7. The van der Waals surface area contributed by atoms with E-state index in [1.165, 1.54) is 5.57 Å². The number of carboxylic acid groups (broad SMARTS) is 1. The van der Waals surface area contributed by atoms with Gasteiger partial charge in [0.05, 0.1) is 6.42 Å². The molecule has 0 saturated heterocycles. The molecule has 0 radical (unpaired) electrons. The summed E-state index contributed by atoms with van der Waals surface area (Å²) in [7, 11) is 0. The summed E-state index contributed by atoms with van der Waals surface area (Å²) in [5.74, 6) is -1.75. The van der Waals surface area contributed by atoms with Gasteiger partial charge in [0.1, 0.15) is 11.6 Å². The van der Waals surface area contributed by atoms with Gasteiger partial charge in [-0.15, -0.1) is 0 Å². The average molecular weight is 673 g/mol. The van der Waals surface area contributed by atoms with Crippen molar-refractivity contribution in [1.82, 2.24) is 10.6 Å². The van der Waals surface area contributed by atoms with E-state index in [-0.39, 0.29) is 54.1 Å². The van der Waals surface area contributed by atoms with E-state index >= 15 is 0 Å². The number of ketones is 2. The van der Waals surface area contributed by atoms with Crippen LogP contribution in [0.3, 0.4) is 0 Å². The lowest BCUT2D eigenvalue weighted by Crippen LogP contribution is -2.58. The van der Waals surface area contributed by atoms with Crippen molar-refractivity contribution in [2.45, 2.75) is 136 Å². The highest BCUT2D eigenvalue weighted by molar-refractivity contribution is 5.92. The molecule has 268 valence electrons. The third kappa shape index (κ3) is 7.87. The van der Waals surface area contributed by atoms with Crippen LogP contribution in [0.5, 0.6) is 0 Å². The second-order valence-corrected chi connectivity index (χ2v) is 15.3. The van der Waals surface area contributed by atoms with Crippen molar-refractivity contribution in [3.8, 4) is 0 Å². The molecule has 0 aliphatic heterocycles. The summed E-state index contributed by atoms with van der Waals surface area (Å²) < 4.78 is 5.26. The van der Waals surface area contributed by atoms with Gasteiger partial charge in [0.25, 0.3) is 0 Å². The summed E-state index contributed by atoms with van der Waals surface area (Å²) in [4.78, 5) is 73.7. The van der Waals surface area contributed by atoms with E-state index in [0.29, 0.717) is 63.3 Å². The number of aliphatic hydroxyl groups is 1. The van der Waals surface area contributed by atoms with E-state index in [1.54, 1.807) is 6.92 Å². The first-order chi connectivity index (χ1) is 22.7. The highest BCUT2D eigenvalue weighted by Crippen LogP contribution is 2.67. The zero-order chi connectivity index (χ0) is 35.3. The van der Waals surface area contributed by atoms with Crippen molar-refractivity contribution >= 4 is 35.3 Å². The molecular weight excluding hydrogens is 616 g/mol. The fourth-order valence-electron chi connectivity index (χ4n) is 9.42. The van der Waals surface area contributed by atoms with Gasteiger partial charge >= 0.3 is 11.9 Å². The first-order valence-corrected chi connectivity index (χ1v) is 18.1. The summed E-state index contributed by atoms with van der Waals surface area (Å²) in [5.41, 5.74) is -0.879. The Morgan fingerprint density at radius 3 is 2.38 bits per heavy atom. The summed E-state index contributed by atoms with van der Waals surface area (Å²) in [6, 6.07) is -0.904. The lowest BCUT2D eigenvalue weighted by Gasteiger charge is -2.58. The van der Waals surface area contributed by atoms with Crippen LogP contribution < -0.4 is 10.6 Å². The van der Waals surface area contributed by atoms with Crippen molar-refractivity contribution < 1.29 is 43.7 Å². The van der Waals surface area contributed by atoms with Gasteiger partial charge in [0.15, 0.2) is 12.4 Å². The number of esters is 1. The molecule has 0 heterocycles. The van der Waals surface area contributed by atoms with Crippen molar-refractivity contribution in [3.05, 3.63) is 11.6 Å². The van der Waals surface area contributed by atoms with Gasteiger partial charge in [0.2, 0.25) is 17.6 Å². The Hall–Kier alpha value is -3.08. The number of carbonyl (C=O) groups excluding carboxylic acids is 5. The van der Waals surface area contributed by atoms with E-state index in [1.807, 2.05) is 19.9 Å². The van der Waals surface area contributed by atoms with Crippen LogP contribution in [-0.2, 0) is 33.5 Å². The number of carboxylic acids is 1. The predicted molar refractivity (Wildman–Crippen MR) is 177 cm³/mol. The fraction of sp³-hybridized carbons (Fsp3) is 0.784. The minimum atomic E-state index is -1.56. The zero-order valence-corrected chi connectivity index (χ0v) is 29.2. The maximum Gasteiger partial charge on any atom is 0.326 e. The highest BCUT2D eigenvalue weighted by Gasteiger charge is 2.66. The van der Waals surface area contributed by atoms with Crippen LogP contribution in [0.15, 0.2) is 11.6 Å². The number of aliphatic carboxylic acids is 1. The molecule has 11 heteroatoms. The number of fused-ring (bicyclic) bond motifs is 5. The Balaban J connectivity index is 1.14. The smallest absolute Gasteiger partial charge is 0.326 e. The van der Waals surface area contributed by atoms with Crippen molar-refractivity contribution in [3.63, 3.8) is 0 Å². The van der Waals surface area contributed by atoms with Crippen molar-refractivity contribution in [2.24, 2.45) is 34.5 Å². The SMILES string of the molecule is CC[C@@H](C)[C@H](NC(=O)CCCCCNC(=O)CCC(=O)OCC(=O)[C@@]1(O)CC[C@H]2[C@@H]3CCC4=CC(=O)CC[C@]4(C)[C@@H]3CC[C@@]21C)C(=O)O.